The van der Waals surface area contributed by atoms with E-state index in [9.17, 15) is 10.1 Å². The van der Waals surface area contributed by atoms with Gasteiger partial charge in [-0.05, 0) is 56.2 Å². The van der Waals surface area contributed by atoms with Gasteiger partial charge in [0, 0.05) is 43.5 Å². The summed E-state index contributed by atoms with van der Waals surface area (Å²) in [6.07, 6.45) is 2.94. The fourth-order valence-electron chi connectivity index (χ4n) is 4.63. The van der Waals surface area contributed by atoms with E-state index in [2.05, 4.69) is 46.8 Å². The number of H-pyrrole nitrogens is 1. The largest absolute Gasteiger partial charge is 0.379 e. The molecule has 12 nitrogen and oxygen atoms in total. The predicted octanol–water partition coefficient (Wildman–Crippen LogP) is 4.17. The Labute approximate surface area is 244 Å². The molecule has 42 heavy (non-hydrogen) atoms. The second-order valence-corrected chi connectivity index (χ2v) is 10.6. The fourth-order valence-corrected chi connectivity index (χ4v) is 4.63. The highest BCUT2D eigenvalue weighted by molar-refractivity contribution is 6.04. The van der Waals surface area contributed by atoms with Gasteiger partial charge in [-0.3, -0.25) is 14.6 Å². The Morgan fingerprint density at radius 3 is 2.71 bits per heavy atom. The highest BCUT2D eigenvalue weighted by atomic mass is 16.5. The minimum Gasteiger partial charge on any atom is -0.379 e. The molecule has 2 aromatic carbocycles. The van der Waals surface area contributed by atoms with E-state index in [-0.39, 0.29) is 5.91 Å². The smallest absolute Gasteiger partial charge is 0.255 e. The minimum absolute atomic E-state index is 0.277. The summed E-state index contributed by atoms with van der Waals surface area (Å²) in [6, 6.07) is 16.9. The van der Waals surface area contributed by atoms with Crippen molar-refractivity contribution in [1.29, 1.82) is 5.26 Å². The first kappa shape index (κ1) is 28.7. The number of aromatic nitrogens is 5. The van der Waals surface area contributed by atoms with Crippen LogP contribution >= 0.6 is 0 Å². The lowest BCUT2D eigenvalue weighted by Gasteiger charge is -2.26. The van der Waals surface area contributed by atoms with E-state index in [1.54, 1.807) is 18.2 Å². The molecular formula is C30H34N10O2. The van der Waals surface area contributed by atoms with Gasteiger partial charge in [0.1, 0.15) is 24.3 Å². The summed E-state index contributed by atoms with van der Waals surface area (Å²) in [4.78, 5) is 30.7. The predicted molar refractivity (Wildman–Crippen MR) is 160 cm³/mol. The number of carbonyl (C=O) groups is 1. The number of amides is 1. The number of nitriles is 1. The number of benzene rings is 2. The maximum absolute atomic E-state index is 13.2. The van der Waals surface area contributed by atoms with Gasteiger partial charge in [0.05, 0.1) is 30.4 Å². The van der Waals surface area contributed by atoms with Crippen molar-refractivity contribution in [2.45, 2.75) is 26.2 Å². The quantitative estimate of drug-likeness (QED) is 0.255. The van der Waals surface area contributed by atoms with Gasteiger partial charge in [-0.2, -0.15) is 15.3 Å². The summed E-state index contributed by atoms with van der Waals surface area (Å²) in [5.74, 6) is 1.44. The van der Waals surface area contributed by atoms with Crippen LogP contribution in [0.5, 0.6) is 0 Å². The molecule has 0 spiro atoms. The molecule has 1 aliphatic rings. The highest BCUT2D eigenvalue weighted by Gasteiger charge is 2.22. The van der Waals surface area contributed by atoms with Crippen LogP contribution in [0.3, 0.4) is 0 Å². The van der Waals surface area contributed by atoms with Gasteiger partial charge in [-0.1, -0.05) is 18.2 Å². The molecule has 1 aliphatic heterocycles. The molecule has 1 amide bonds. The molecular weight excluding hydrogens is 532 g/mol. The van der Waals surface area contributed by atoms with E-state index in [1.807, 2.05) is 56.0 Å². The molecule has 0 bridgehead atoms. The van der Waals surface area contributed by atoms with Crippen molar-refractivity contribution in [1.82, 2.24) is 30.0 Å². The van der Waals surface area contributed by atoms with Crippen molar-refractivity contribution in [3.05, 3.63) is 77.9 Å². The van der Waals surface area contributed by atoms with Gasteiger partial charge >= 0.3 is 0 Å². The Morgan fingerprint density at radius 1 is 1.12 bits per heavy atom. The second-order valence-electron chi connectivity index (χ2n) is 10.6. The number of ether oxygens (including phenoxy) is 1. The molecule has 12 heteroatoms. The van der Waals surface area contributed by atoms with Gasteiger partial charge in [-0.25, -0.2) is 15.1 Å². The average Bonchev–Trinajstić information content (AvgIpc) is 3.54. The standard InChI is InChI=1S/C30H34N10O2/c1-21-7-8-24(37-28(41)22-5-4-6-23(15-22)30(2,3)18-31)16-25(21)40(29-35-20-36-38-29)27-17-26(33-19-34-27)32-9-10-39-11-13-42-14-12-39/h4-8,15-17,19-20H,9-14H2,1-3H3,(H,37,41)(H,32,33,34)(H,35,36,38). The summed E-state index contributed by atoms with van der Waals surface area (Å²) in [6.45, 7) is 10.6. The summed E-state index contributed by atoms with van der Waals surface area (Å²) >= 11 is 0. The number of aryl methyl sites for hydroxylation is 1. The van der Waals surface area contributed by atoms with Crippen molar-refractivity contribution in [3.63, 3.8) is 0 Å². The normalized spacial score (nSPS) is 13.8. The van der Waals surface area contributed by atoms with Crippen LogP contribution in [0.25, 0.3) is 0 Å². The molecule has 3 heterocycles. The summed E-state index contributed by atoms with van der Waals surface area (Å²) < 4.78 is 5.43. The van der Waals surface area contributed by atoms with Crippen LogP contribution < -0.4 is 15.5 Å². The molecule has 3 N–H and O–H groups in total. The van der Waals surface area contributed by atoms with Gasteiger partial charge in [0.25, 0.3) is 5.91 Å². The van der Waals surface area contributed by atoms with E-state index in [1.165, 1.54) is 12.7 Å². The Morgan fingerprint density at radius 2 is 1.95 bits per heavy atom. The number of hydrogen-bond acceptors (Lipinski definition) is 10. The van der Waals surface area contributed by atoms with Gasteiger partial charge < -0.3 is 15.4 Å². The molecule has 1 saturated heterocycles. The van der Waals surface area contributed by atoms with E-state index >= 15 is 0 Å². The van der Waals surface area contributed by atoms with Gasteiger partial charge in [0.2, 0.25) is 5.95 Å². The van der Waals surface area contributed by atoms with Crippen molar-refractivity contribution < 1.29 is 9.53 Å². The number of morpholine rings is 1. The first-order valence-electron chi connectivity index (χ1n) is 13.8. The van der Waals surface area contributed by atoms with Gasteiger partial charge in [-0.15, -0.1) is 0 Å². The van der Waals surface area contributed by atoms with E-state index in [0.29, 0.717) is 28.8 Å². The lowest BCUT2D eigenvalue weighted by atomic mass is 9.85. The molecule has 2 aromatic heterocycles. The lowest BCUT2D eigenvalue weighted by molar-refractivity contribution is 0.0398. The van der Waals surface area contributed by atoms with E-state index < -0.39 is 5.41 Å². The zero-order chi connectivity index (χ0) is 29.5. The third-order valence-electron chi connectivity index (χ3n) is 7.17. The number of rotatable bonds is 10. The molecule has 0 atom stereocenters. The van der Waals surface area contributed by atoms with E-state index in [0.717, 1.165) is 56.2 Å². The number of nitrogens with zero attached hydrogens (tertiary/aromatic N) is 7. The van der Waals surface area contributed by atoms with Gasteiger partial charge in [0.15, 0.2) is 0 Å². The van der Waals surface area contributed by atoms with Crippen LogP contribution in [0.2, 0.25) is 0 Å². The Hall–Kier alpha value is -4.86. The third-order valence-corrected chi connectivity index (χ3v) is 7.17. The summed E-state index contributed by atoms with van der Waals surface area (Å²) in [7, 11) is 0. The second kappa shape index (κ2) is 12.8. The molecule has 216 valence electrons. The fraction of sp³-hybridized carbons (Fsp3) is 0.333. The van der Waals surface area contributed by atoms with Crippen LogP contribution in [0.4, 0.5) is 29.0 Å². The topological polar surface area (TPSA) is 148 Å². The SMILES string of the molecule is Cc1ccc(NC(=O)c2cccc(C(C)(C)C#N)c2)cc1N(c1cc(NCCN2CCOCC2)ncn1)c1ncn[nH]1. The molecule has 0 unspecified atom stereocenters. The number of hydrogen-bond donors (Lipinski definition) is 3. The molecule has 0 saturated carbocycles. The maximum Gasteiger partial charge on any atom is 0.255 e. The minimum atomic E-state index is -0.710. The number of anilines is 5. The van der Waals surface area contributed by atoms with E-state index in [4.69, 9.17) is 4.74 Å². The van der Waals surface area contributed by atoms with Crippen LogP contribution in [0.15, 0.2) is 61.2 Å². The zero-order valence-electron chi connectivity index (χ0n) is 24.0. The molecule has 1 fully saturated rings. The van der Waals surface area contributed by atoms with Crippen molar-refractivity contribution in [2.75, 3.05) is 54.9 Å². The molecule has 0 radical (unpaired) electrons. The number of nitrogens with one attached hydrogen (secondary N) is 3. The zero-order valence-corrected chi connectivity index (χ0v) is 24.0. The Kier molecular flexibility index (Phi) is 8.71. The van der Waals surface area contributed by atoms with Crippen molar-refractivity contribution in [3.8, 4) is 6.07 Å². The van der Waals surface area contributed by atoms with Crippen molar-refractivity contribution in [2.24, 2.45) is 0 Å². The average molecular weight is 567 g/mol. The number of carbonyl (C=O) groups excluding carboxylic acids is 1. The first-order valence-corrected chi connectivity index (χ1v) is 13.8. The molecule has 0 aliphatic carbocycles. The van der Waals surface area contributed by atoms with Crippen LogP contribution in [0.1, 0.15) is 35.3 Å². The summed E-state index contributed by atoms with van der Waals surface area (Å²) in [5, 5.41) is 22.9. The molecule has 5 rings (SSSR count). The monoisotopic (exact) mass is 566 g/mol. The van der Waals surface area contributed by atoms with Crippen molar-refractivity contribution >= 4 is 34.9 Å². The Balaban J connectivity index is 1.38. The maximum atomic E-state index is 13.2. The highest BCUT2D eigenvalue weighted by Crippen LogP contribution is 2.35. The third kappa shape index (κ3) is 6.71. The van der Waals surface area contributed by atoms with Crippen LogP contribution in [-0.4, -0.2) is 75.3 Å². The Bertz CT molecular complexity index is 1560. The first-order chi connectivity index (χ1) is 20.3. The lowest BCUT2D eigenvalue weighted by Crippen LogP contribution is -2.39. The number of aromatic amines is 1. The van der Waals surface area contributed by atoms with Crippen LogP contribution in [-0.2, 0) is 10.2 Å². The summed E-state index contributed by atoms with van der Waals surface area (Å²) in [5.41, 5.74) is 2.81. The molecule has 4 aromatic rings. The van der Waals surface area contributed by atoms with Crippen LogP contribution in [0, 0.1) is 18.3 Å².